The molecule has 3 rings (SSSR count). The Balaban J connectivity index is 2.70. The van der Waals surface area contributed by atoms with Crippen LogP contribution in [0.2, 0.25) is 0 Å². The number of H-pyrrole nitrogens is 1. The van der Waals surface area contributed by atoms with Gasteiger partial charge >= 0.3 is 0 Å². The summed E-state index contributed by atoms with van der Waals surface area (Å²) in [7, 11) is 0. The Morgan fingerprint density at radius 2 is 1.93 bits per heavy atom. The van der Waals surface area contributed by atoms with E-state index in [0.717, 1.165) is 5.39 Å². The molecule has 0 amide bonds. The zero-order valence-electron chi connectivity index (χ0n) is 7.64. The van der Waals surface area contributed by atoms with Crippen LogP contribution in [-0.4, -0.2) is 19.9 Å². The van der Waals surface area contributed by atoms with Crippen LogP contribution in [-0.2, 0) is 0 Å². The van der Waals surface area contributed by atoms with Crippen molar-refractivity contribution < 1.29 is 0 Å². The van der Waals surface area contributed by atoms with E-state index in [1.165, 1.54) is 0 Å². The molecule has 1 N–H and O–H groups in total. The van der Waals surface area contributed by atoms with Gasteiger partial charge in [-0.05, 0) is 6.07 Å². The quantitative estimate of drug-likeness (QED) is 0.544. The van der Waals surface area contributed by atoms with Crippen LogP contribution < -0.4 is 5.56 Å². The van der Waals surface area contributed by atoms with Crippen LogP contribution in [0.4, 0.5) is 0 Å². The largest absolute Gasteiger partial charge is 0.305 e. The topological polar surface area (TPSA) is 71.5 Å². The van der Waals surface area contributed by atoms with Crippen molar-refractivity contribution in [3.05, 3.63) is 41.2 Å². The summed E-state index contributed by atoms with van der Waals surface area (Å²) < 4.78 is 0. The molecule has 3 aromatic rings. The zero-order valence-corrected chi connectivity index (χ0v) is 7.64. The molecule has 0 saturated heterocycles. The third-order valence-electron chi connectivity index (χ3n) is 2.25. The van der Waals surface area contributed by atoms with E-state index in [0.29, 0.717) is 16.6 Å². The van der Waals surface area contributed by atoms with E-state index in [4.69, 9.17) is 0 Å². The lowest BCUT2D eigenvalue weighted by molar-refractivity contribution is 1.20. The van der Waals surface area contributed by atoms with Crippen molar-refractivity contribution in [3.63, 3.8) is 0 Å². The van der Waals surface area contributed by atoms with Gasteiger partial charge in [-0.3, -0.25) is 14.8 Å². The Bertz CT molecular complexity index is 704. The average molecular weight is 198 g/mol. The number of aromatic amines is 1. The first-order valence-electron chi connectivity index (χ1n) is 4.43. The number of fused-ring (bicyclic) bond motifs is 3. The second-order valence-corrected chi connectivity index (χ2v) is 3.13. The molecule has 5 nitrogen and oxygen atoms in total. The van der Waals surface area contributed by atoms with E-state index in [2.05, 4.69) is 19.9 Å². The summed E-state index contributed by atoms with van der Waals surface area (Å²) in [6.45, 7) is 0. The molecule has 0 aliphatic heterocycles. The molecule has 0 radical (unpaired) electrons. The molecule has 72 valence electrons. The summed E-state index contributed by atoms with van der Waals surface area (Å²) >= 11 is 0. The Hall–Kier alpha value is -2.30. The fraction of sp³-hybridized carbons (Fsp3) is 0. The van der Waals surface area contributed by atoms with Crippen molar-refractivity contribution in [1.82, 2.24) is 19.9 Å². The predicted octanol–water partition coefficient (Wildman–Crippen LogP) is 0.866. The highest BCUT2D eigenvalue weighted by molar-refractivity contribution is 6.00. The Morgan fingerprint density at radius 1 is 1.07 bits per heavy atom. The maximum absolute atomic E-state index is 11.6. The second kappa shape index (κ2) is 2.84. The smallest absolute Gasteiger partial charge is 0.257 e. The summed E-state index contributed by atoms with van der Waals surface area (Å²) in [5.41, 5.74) is 0.989. The molecule has 3 heterocycles. The first-order valence-corrected chi connectivity index (χ1v) is 4.43. The van der Waals surface area contributed by atoms with E-state index in [1.807, 2.05) is 0 Å². The number of hydrogen-bond acceptors (Lipinski definition) is 4. The molecule has 3 aromatic heterocycles. The average Bonchev–Trinajstić information content (AvgIpc) is 2.30. The molecule has 0 saturated carbocycles. The van der Waals surface area contributed by atoms with E-state index in [9.17, 15) is 4.79 Å². The van der Waals surface area contributed by atoms with Crippen LogP contribution >= 0.6 is 0 Å². The number of hydrogen-bond donors (Lipinski definition) is 1. The van der Waals surface area contributed by atoms with Crippen molar-refractivity contribution in [2.45, 2.75) is 0 Å². The van der Waals surface area contributed by atoms with Gasteiger partial charge in [-0.25, -0.2) is 4.98 Å². The van der Waals surface area contributed by atoms with Crippen LogP contribution in [0.5, 0.6) is 0 Å². The monoisotopic (exact) mass is 198 g/mol. The number of nitrogens with one attached hydrogen (secondary N) is 1. The molecular formula is C10H6N4O. The molecule has 0 aliphatic rings. The second-order valence-electron chi connectivity index (χ2n) is 3.13. The minimum Gasteiger partial charge on any atom is -0.305 e. The van der Waals surface area contributed by atoms with Crippen molar-refractivity contribution in [2.24, 2.45) is 0 Å². The highest BCUT2D eigenvalue weighted by atomic mass is 16.1. The van der Waals surface area contributed by atoms with Crippen molar-refractivity contribution in [1.29, 1.82) is 0 Å². The lowest BCUT2D eigenvalue weighted by Crippen LogP contribution is -2.07. The molecule has 5 heteroatoms. The zero-order chi connectivity index (χ0) is 10.3. The van der Waals surface area contributed by atoms with Gasteiger partial charge in [0.2, 0.25) is 0 Å². The number of nitrogens with zero attached hydrogens (tertiary/aromatic N) is 3. The van der Waals surface area contributed by atoms with Gasteiger partial charge < -0.3 is 4.98 Å². The third-order valence-corrected chi connectivity index (χ3v) is 2.25. The van der Waals surface area contributed by atoms with Gasteiger partial charge in [0.1, 0.15) is 5.52 Å². The van der Waals surface area contributed by atoms with Crippen LogP contribution in [0.3, 0.4) is 0 Å². The van der Waals surface area contributed by atoms with Crippen LogP contribution in [0, 0.1) is 0 Å². The summed E-state index contributed by atoms with van der Waals surface area (Å²) in [5, 5.41) is 1.31. The van der Waals surface area contributed by atoms with Crippen LogP contribution in [0.1, 0.15) is 0 Å². The molecule has 0 aromatic carbocycles. The fourth-order valence-electron chi connectivity index (χ4n) is 1.58. The van der Waals surface area contributed by atoms with Gasteiger partial charge in [-0.2, -0.15) is 0 Å². The summed E-state index contributed by atoms with van der Waals surface area (Å²) in [6.07, 6.45) is 6.34. The predicted molar refractivity (Wildman–Crippen MR) is 55.5 cm³/mol. The molecular weight excluding hydrogens is 192 g/mol. The highest BCUT2D eigenvalue weighted by Gasteiger charge is 2.05. The number of aromatic nitrogens is 4. The molecule has 0 bridgehead atoms. The summed E-state index contributed by atoms with van der Waals surface area (Å²) in [6, 6.07) is 1.67. The molecule has 0 spiro atoms. The normalized spacial score (nSPS) is 10.9. The van der Waals surface area contributed by atoms with Gasteiger partial charge in [0, 0.05) is 30.2 Å². The lowest BCUT2D eigenvalue weighted by Gasteiger charge is -1.99. The van der Waals surface area contributed by atoms with E-state index in [-0.39, 0.29) is 5.56 Å². The number of rotatable bonds is 0. The van der Waals surface area contributed by atoms with Gasteiger partial charge in [0.05, 0.1) is 5.39 Å². The van der Waals surface area contributed by atoms with Gasteiger partial charge in [0.25, 0.3) is 5.56 Å². The number of pyridine rings is 2. The fourth-order valence-corrected chi connectivity index (χ4v) is 1.58. The van der Waals surface area contributed by atoms with Crippen molar-refractivity contribution >= 4 is 21.9 Å². The van der Waals surface area contributed by atoms with E-state index >= 15 is 0 Å². The lowest BCUT2D eigenvalue weighted by atomic mass is 10.2. The summed E-state index contributed by atoms with van der Waals surface area (Å²) in [4.78, 5) is 26.5. The molecule has 0 atom stereocenters. The minimum absolute atomic E-state index is 0.166. The Morgan fingerprint density at radius 3 is 2.87 bits per heavy atom. The van der Waals surface area contributed by atoms with E-state index in [1.54, 1.807) is 30.9 Å². The van der Waals surface area contributed by atoms with Crippen LogP contribution in [0.25, 0.3) is 21.9 Å². The first-order chi connectivity index (χ1) is 7.36. The Labute approximate surface area is 83.8 Å². The molecule has 0 fully saturated rings. The summed E-state index contributed by atoms with van der Waals surface area (Å²) in [5.74, 6) is 0. The molecule has 15 heavy (non-hydrogen) atoms. The maximum Gasteiger partial charge on any atom is 0.257 e. The third kappa shape index (κ3) is 1.10. The minimum atomic E-state index is -0.166. The van der Waals surface area contributed by atoms with Crippen molar-refractivity contribution in [3.8, 4) is 0 Å². The van der Waals surface area contributed by atoms with Crippen molar-refractivity contribution in [2.75, 3.05) is 0 Å². The maximum atomic E-state index is 11.6. The molecule has 0 unspecified atom stereocenters. The van der Waals surface area contributed by atoms with Crippen LogP contribution in [0.15, 0.2) is 35.6 Å². The molecule has 0 aliphatic carbocycles. The van der Waals surface area contributed by atoms with Gasteiger partial charge in [-0.15, -0.1) is 0 Å². The SMILES string of the molecule is O=c1[nH]c2nccnc2c2cnccc12. The first kappa shape index (κ1) is 8.05. The van der Waals surface area contributed by atoms with E-state index < -0.39 is 0 Å². The van der Waals surface area contributed by atoms with Gasteiger partial charge in [0.15, 0.2) is 5.65 Å². The van der Waals surface area contributed by atoms with Gasteiger partial charge in [-0.1, -0.05) is 0 Å². The standard InChI is InChI=1S/C10H6N4O/c15-10-6-1-2-11-5-7(6)8-9(14-10)13-4-3-12-8/h1-5H,(H,13,14,15). The Kier molecular flexibility index (Phi) is 1.53. The highest BCUT2D eigenvalue weighted by Crippen LogP contribution is 2.15.